The second-order valence-electron chi connectivity index (χ2n) is 6.46. The summed E-state index contributed by atoms with van der Waals surface area (Å²) < 4.78 is 6.23. The largest absolute Gasteiger partial charge is 0.455 e. The Hall–Kier alpha value is -2.00. The molecule has 0 aliphatic carbocycles. The van der Waals surface area contributed by atoms with Crippen LogP contribution in [0.2, 0.25) is 0 Å². The van der Waals surface area contributed by atoms with E-state index in [1.54, 1.807) is 0 Å². The molecule has 2 aromatic carbocycles. The Balaban J connectivity index is 1.83. The smallest absolute Gasteiger partial charge is 0.150 e. The highest BCUT2D eigenvalue weighted by Crippen LogP contribution is 2.47. The molecule has 3 heteroatoms. The normalized spacial score (nSPS) is 23.1. The van der Waals surface area contributed by atoms with Crippen LogP contribution in [0, 0.1) is 0 Å². The predicted molar refractivity (Wildman–Crippen MR) is 89.8 cm³/mol. The number of piperidine rings is 1. The van der Waals surface area contributed by atoms with Crippen molar-refractivity contribution in [2.45, 2.75) is 24.9 Å². The number of rotatable bonds is 1. The molecule has 3 nitrogen and oxygen atoms in total. The van der Waals surface area contributed by atoms with Gasteiger partial charge in [0.25, 0.3) is 0 Å². The van der Waals surface area contributed by atoms with Crippen LogP contribution >= 0.6 is 0 Å². The van der Waals surface area contributed by atoms with Crippen molar-refractivity contribution in [1.82, 2.24) is 4.90 Å². The molecule has 1 saturated heterocycles. The van der Waals surface area contributed by atoms with E-state index in [1.807, 2.05) is 6.07 Å². The first-order valence-corrected chi connectivity index (χ1v) is 8.03. The topological polar surface area (TPSA) is 15.7 Å². The first-order valence-electron chi connectivity index (χ1n) is 8.03. The maximum Gasteiger partial charge on any atom is 0.150 e. The van der Waals surface area contributed by atoms with Crippen LogP contribution < -0.4 is 9.64 Å². The highest BCUT2D eigenvalue weighted by Gasteiger charge is 2.35. The lowest BCUT2D eigenvalue weighted by Gasteiger charge is -2.42. The minimum atomic E-state index is 0.390. The molecule has 0 N–H and O–H groups in total. The molecule has 2 heterocycles. The number of hydrogen-bond acceptors (Lipinski definition) is 3. The molecule has 4 rings (SSSR count). The fourth-order valence-corrected chi connectivity index (χ4v) is 3.75. The average Bonchev–Trinajstić information content (AvgIpc) is 2.69. The summed E-state index contributed by atoms with van der Waals surface area (Å²) >= 11 is 0. The van der Waals surface area contributed by atoms with Crippen LogP contribution in [0.4, 0.5) is 5.69 Å². The van der Waals surface area contributed by atoms with Crippen molar-refractivity contribution in [1.29, 1.82) is 0 Å². The van der Waals surface area contributed by atoms with Gasteiger partial charge in [-0.3, -0.25) is 0 Å². The Labute approximate surface area is 132 Å². The summed E-state index contributed by atoms with van der Waals surface area (Å²) in [6, 6.07) is 17.9. The van der Waals surface area contributed by atoms with Gasteiger partial charge in [-0.1, -0.05) is 30.3 Å². The van der Waals surface area contributed by atoms with Crippen LogP contribution in [-0.4, -0.2) is 31.6 Å². The van der Waals surface area contributed by atoms with Gasteiger partial charge in [0.15, 0.2) is 5.75 Å². The van der Waals surface area contributed by atoms with Crippen LogP contribution in [0.25, 0.3) is 0 Å². The van der Waals surface area contributed by atoms with E-state index in [0.29, 0.717) is 12.1 Å². The van der Waals surface area contributed by atoms with Gasteiger partial charge in [-0.2, -0.15) is 0 Å². The molecule has 0 saturated carbocycles. The second kappa shape index (κ2) is 5.33. The zero-order valence-corrected chi connectivity index (χ0v) is 13.2. The Morgan fingerprint density at radius 2 is 1.73 bits per heavy atom. The maximum atomic E-state index is 6.23. The van der Waals surface area contributed by atoms with Gasteiger partial charge in [0.05, 0.1) is 11.7 Å². The SMILES string of the molecule is CN(C)C1CCN2c3ccccc3Oc3ccccc3C2C1. The molecule has 2 aromatic rings. The monoisotopic (exact) mass is 294 g/mol. The lowest BCUT2D eigenvalue weighted by atomic mass is 9.90. The number of nitrogens with zero attached hydrogens (tertiary/aromatic N) is 2. The van der Waals surface area contributed by atoms with Crippen LogP contribution in [-0.2, 0) is 0 Å². The molecular weight excluding hydrogens is 272 g/mol. The Bertz CT molecular complexity index is 683. The van der Waals surface area contributed by atoms with E-state index in [4.69, 9.17) is 4.74 Å². The van der Waals surface area contributed by atoms with Crippen LogP contribution in [0.3, 0.4) is 0 Å². The van der Waals surface area contributed by atoms with E-state index >= 15 is 0 Å². The van der Waals surface area contributed by atoms with Crippen molar-refractivity contribution >= 4 is 5.69 Å². The minimum absolute atomic E-state index is 0.390. The minimum Gasteiger partial charge on any atom is -0.455 e. The Morgan fingerprint density at radius 3 is 2.55 bits per heavy atom. The van der Waals surface area contributed by atoms with Crippen LogP contribution in [0.15, 0.2) is 48.5 Å². The molecule has 2 atom stereocenters. The molecule has 114 valence electrons. The molecule has 1 fully saturated rings. The highest BCUT2D eigenvalue weighted by atomic mass is 16.5. The van der Waals surface area contributed by atoms with Crippen molar-refractivity contribution in [3.8, 4) is 11.5 Å². The summed E-state index contributed by atoms with van der Waals surface area (Å²) in [5, 5.41) is 0. The van der Waals surface area contributed by atoms with E-state index in [1.165, 1.54) is 17.7 Å². The van der Waals surface area contributed by atoms with Gasteiger partial charge in [0.1, 0.15) is 5.75 Å². The summed E-state index contributed by atoms with van der Waals surface area (Å²) in [5.41, 5.74) is 2.53. The Kier molecular flexibility index (Phi) is 3.30. The van der Waals surface area contributed by atoms with Gasteiger partial charge < -0.3 is 14.5 Å². The summed E-state index contributed by atoms with van der Waals surface area (Å²) in [6.45, 7) is 1.07. The third-order valence-electron chi connectivity index (χ3n) is 4.98. The first-order chi connectivity index (χ1) is 10.7. The van der Waals surface area contributed by atoms with Gasteiger partial charge in [0.2, 0.25) is 0 Å². The third-order valence-corrected chi connectivity index (χ3v) is 4.98. The molecule has 0 spiro atoms. The van der Waals surface area contributed by atoms with Crippen LogP contribution in [0.1, 0.15) is 24.4 Å². The summed E-state index contributed by atoms with van der Waals surface area (Å²) in [6.07, 6.45) is 2.34. The number of fused-ring (bicyclic) bond motifs is 5. The Morgan fingerprint density at radius 1 is 1.00 bits per heavy atom. The molecule has 2 aliphatic heterocycles. The van der Waals surface area contributed by atoms with Crippen molar-refractivity contribution in [3.63, 3.8) is 0 Å². The second-order valence-corrected chi connectivity index (χ2v) is 6.46. The lowest BCUT2D eigenvalue weighted by Crippen LogP contribution is -2.43. The van der Waals surface area contributed by atoms with Crippen molar-refractivity contribution in [2.75, 3.05) is 25.5 Å². The van der Waals surface area contributed by atoms with E-state index in [0.717, 1.165) is 24.5 Å². The first kappa shape index (κ1) is 13.6. The van der Waals surface area contributed by atoms with Gasteiger partial charge in [0, 0.05) is 18.2 Å². The summed E-state index contributed by atoms with van der Waals surface area (Å²) in [5.74, 6) is 1.97. The average molecular weight is 294 g/mol. The number of benzene rings is 2. The highest BCUT2D eigenvalue weighted by molar-refractivity contribution is 5.64. The van der Waals surface area contributed by atoms with Gasteiger partial charge in [-0.25, -0.2) is 0 Å². The fourth-order valence-electron chi connectivity index (χ4n) is 3.75. The quantitative estimate of drug-likeness (QED) is 0.788. The number of anilines is 1. The molecule has 0 radical (unpaired) electrons. The van der Waals surface area contributed by atoms with Crippen molar-refractivity contribution < 1.29 is 4.74 Å². The third kappa shape index (κ3) is 2.17. The molecule has 0 bridgehead atoms. The van der Waals surface area contributed by atoms with E-state index in [-0.39, 0.29) is 0 Å². The molecule has 2 aliphatic rings. The van der Waals surface area contributed by atoms with Gasteiger partial charge in [-0.05, 0) is 45.1 Å². The van der Waals surface area contributed by atoms with E-state index < -0.39 is 0 Å². The zero-order chi connectivity index (χ0) is 15.1. The van der Waals surface area contributed by atoms with Gasteiger partial charge in [-0.15, -0.1) is 0 Å². The maximum absolute atomic E-state index is 6.23. The number of para-hydroxylation sites is 3. The summed E-state index contributed by atoms with van der Waals surface area (Å²) in [4.78, 5) is 4.89. The molecular formula is C19H22N2O. The van der Waals surface area contributed by atoms with Gasteiger partial charge >= 0.3 is 0 Å². The van der Waals surface area contributed by atoms with Crippen molar-refractivity contribution in [3.05, 3.63) is 54.1 Å². The summed E-state index contributed by atoms with van der Waals surface area (Å²) in [7, 11) is 4.38. The molecule has 2 unspecified atom stereocenters. The lowest BCUT2D eigenvalue weighted by molar-refractivity contribution is 0.225. The van der Waals surface area contributed by atoms with Crippen molar-refractivity contribution in [2.24, 2.45) is 0 Å². The number of hydrogen-bond donors (Lipinski definition) is 0. The zero-order valence-electron chi connectivity index (χ0n) is 13.2. The molecule has 0 aromatic heterocycles. The molecule has 0 amide bonds. The molecule has 22 heavy (non-hydrogen) atoms. The predicted octanol–water partition coefficient (Wildman–Crippen LogP) is 4.06. The van der Waals surface area contributed by atoms with Crippen LogP contribution in [0.5, 0.6) is 11.5 Å². The fraction of sp³-hybridized carbons (Fsp3) is 0.368. The number of ether oxygens (including phenoxy) is 1. The van der Waals surface area contributed by atoms with E-state index in [2.05, 4.69) is 66.4 Å². The standard InChI is InChI=1S/C19H22N2O/c1-20(2)14-11-12-21-16-8-4-6-10-19(16)22-18-9-5-3-7-15(18)17(21)13-14/h3-10,14,17H,11-13H2,1-2H3. The van der Waals surface area contributed by atoms with E-state index in [9.17, 15) is 0 Å².